The minimum absolute atomic E-state index is 0.0473. The van der Waals surface area contributed by atoms with E-state index in [-0.39, 0.29) is 11.3 Å². The lowest BCUT2D eigenvalue weighted by Gasteiger charge is -2.34. The van der Waals surface area contributed by atoms with Crippen LogP contribution in [-0.2, 0) is 6.54 Å². The van der Waals surface area contributed by atoms with Crippen molar-refractivity contribution in [1.29, 1.82) is 0 Å². The number of carbonyl (C=O) groups is 1. The molecule has 1 saturated heterocycles. The van der Waals surface area contributed by atoms with Gasteiger partial charge in [-0.1, -0.05) is 17.7 Å². The first-order valence-electron chi connectivity index (χ1n) is 8.88. The Bertz CT molecular complexity index is 849. The standard InChI is InChI=1S/C20H24ClN3O3/c1-13-17(20(26)27)9-15(10-19(13)25)22-12-14-3-4-16(11-18(14)21)24-7-5-23(2)6-8-24/h3-4,9-11,22,25H,5-8,12H2,1-2H3,(H,26,27). The molecule has 144 valence electrons. The molecule has 0 aliphatic carbocycles. The minimum Gasteiger partial charge on any atom is -0.508 e. The highest BCUT2D eigenvalue weighted by atomic mass is 35.5. The van der Waals surface area contributed by atoms with Crippen molar-refractivity contribution >= 4 is 28.9 Å². The number of anilines is 2. The topological polar surface area (TPSA) is 76.0 Å². The lowest BCUT2D eigenvalue weighted by Crippen LogP contribution is -2.44. The van der Waals surface area contributed by atoms with Crippen LogP contribution in [0.25, 0.3) is 0 Å². The van der Waals surface area contributed by atoms with Gasteiger partial charge < -0.3 is 25.3 Å². The van der Waals surface area contributed by atoms with E-state index < -0.39 is 5.97 Å². The number of carboxylic acids is 1. The molecule has 1 heterocycles. The Morgan fingerprint density at radius 2 is 1.89 bits per heavy atom. The van der Waals surface area contributed by atoms with E-state index in [0.29, 0.717) is 22.8 Å². The van der Waals surface area contributed by atoms with Crippen LogP contribution in [-0.4, -0.2) is 54.3 Å². The number of nitrogens with one attached hydrogen (secondary N) is 1. The van der Waals surface area contributed by atoms with Gasteiger partial charge in [-0.05, 0) is 37.7 Å². The van der Waals surface area contributed by atoms with Gasteiger partial charge in [0.05, 0.1) is 5.56 Å². The van der Waals surface area contributed by atoms with Crippen molar-refractivity contribution in [2.24, 2.45) is 0 Å². The highest BCUT2D eigenvalue weighted by Gasteiger charge is 2.16. The Kier molecular flexibility index (Phi) is 5.77. The van der Waals surface area contributed by atoms with E-state index in [4.69, 9.17) is 11.6 Å². The van der Waals surface area contributed by atoms with E-state index in [1.807, 2.05) is 12.1 Å². The van der Waals surface area contributed by atoms with Crippen molar-refractivity contribution in [2.75, 3.05) is 43.4 Å². The third-order valence-corrected chi connectivity index (χ3v) is 5.35. The van der Waals surface area contributed by atoms with E-state index >= 15 is 0 Å². The van der Waals surface area contributed by atoms with E-state index in [1.54, 1.807) is 6.92 Å². The predicted molar refractivity (Wildman–Crippen MR) is 108 cm³/mol. The summed E-state index contributed by atoms with van der Waals surface area (Å²) in [5.41, 5.74) is 2.98. The predicted octanol–water partition coefficient (Wildman–Crippen LogP) is 3.42. The maximum atomic E-state index is 11.3. The molecule has 0 atom stereocenters. The summed E-state index contributed by atoms with van der Waals surface area (Å²) in [7, 11) is 2.12. The van der Waals surface area contributed by atoms with Gasteiger partial charge in [-0.3, -0.25) is 0 Å². The molecule has 0 spiro atoms. The number of phenols is 1. The summed E-state index contributed by atoms with van der Waals surface area (Å²) >= 11 is 6.46. The van der Waals surface area contributed by atoms with Crippen molar-refractivity contribution in [2.45, 2.75) is 13.5 Å². The number of nitrogens with zero attached hydrogens (tertiary/aromatic N) is 2. The molecule has 6 nitrogen and oxygen atoms in total. The fraction of sp³-hybridized carbons (Fsp3) is 0.350. The van der Waals surface area contributed by atoms with E-state index in [9.17, 15) is 15.0 Å². The molecule has 0 amide bonds. The number of halogens is 1. The minimum atomic E-state index is -1.07. The van der Waals surface area contributed by atoms with Crippen LogP contribution < -0.4 is 10.2 Å². The summed E-state index contributed by atoms with van der Waals surface area (Å²) in [6, 6.07) is 9.05. The maximum absolute atomic E-state index is 11.3. The number of aromatic hydroxyl groups is 1. The van der Waals surface area contributed by atoms with Gasteiger partial charge in [0.1, 0.15) is 5.75 Å². The Morgan fingerprint density at radius 1 is 1.19 bits per heavy atom. The molecular weight excluding hydrogens is 366 g/mol. The summed E-state index contributed by atoms with van der Waals surface area (Å²) in [5.74, 6) is -1.12. The smallest absolute Gasteiger partial charge is 0.336 e. The van der Waals surface area contributed by atoms with Crippen molar-refractivity contribution < 1.29 is 15.0 Å². The summed E-state index contributed by atoms with van der Waals surface area (Å²) in [6.45, 7) is 6.03. The number of hydrogen-bond donors (Lipinski definition) is 3. The quantitative estimate of drug-likeness (QED) is 0.727. The number of piperazine rings is 1. The number of rotatable bonds is 5. The summed E-state index contributed by atoms with van der Waals surface area (Å²) in [4.78, 5) is 15.9. The average Bonchev–Trinajstić information content (AvgIpc) is 2.63. The first kappa shape index (κ1) is 19.3. The van der Waals surface area contributed by atoms with Crippen LogP contribution >= 0.6 is 11.6 Å². The summed E-state index contributed by atoms with van der Waals surface area (Å²) in [5, 5.41) is 23.0. The van der Waals surface area contributed by atoms with Gasteiger partial charge in [-0.2, -0.15) is 0 Å². The molecule has 0 unspecified atom stereocenters. The number of carboxylic acid groups (broad SMARTS) is 1. The molecule has 0 bridgehead atoms. The Labute approximate surface area is 164 Å². The molecule has 0 saturated carbocycles. The van der Waals surface area contributed by atoms with E-state index in [0.717, 1.165) is 37.4 Å². The number of benzene rings is 2. The van der Waals surface area contributed by atoms with Crippen LogP contribution in [0.3, 0.4) is 0 Å². The summed E-state index contributed by atoms with van der Waals surface area (Å²) in [6.07, 6.45) is 0. The van der Waals surface area contributed by atoms with Gasteiger partial charge in [0.25, 0.3) is 0 Å². The van der Waals surface area contributed by atoms with Gasteiger partial charge in [0.15, 0.2) is 0 Å². The SMILES string of the molecule is Cc1c(O)cc(NCc2ccc(N3CCN(C)CC3)cc2Cl)cc1C(=O)O. The largest absolute Gasteiger partial charge is 0.508 e. The monoisotopic (exact) mass is 389 g/mol. The Balaban J connectivity index is 1.71. The highest BCUT2D eigenvalue weighted by molar-refractivity contribution is 6.31. The fourth-order valence-corrected chi connectivity index (χ4v) is 3.40. The third-order valence-electron chi connectivity index (χ3n) is 5.00. The molecule has 1 fully saturated rings. The zero-order valence-electron chi connectivity index (χ0n) is 15.5. The van der Waals surface area contributed by atoms with Gasteiger partial charge in [0, 0.05) is 60.8 Å². The van der Waals surface area contributed by atoms with Gasteiger partial charge in [0.2, 0.25) is 0 Å². The van der Waals surface area contributed by atoms with Gasteiger partial charge in [-0.15, -0.1) is 0 Å². The second-order valence-corrected chi connectivity index (χ2v) is 7.30. The molecule has 2 aromatic rings. The Morgan fingerprint density at radius 3 is 2.52 bits per heavy atom. The molecule has 1 aliphatic heterocycles. The van der Waals surface area contributed by atoms with Crippen LogP contribution in [0.15, 0.2) is 30.3 Å². The first-order chi connectivity index (χ1) is 12.8. The fourth-order valence-electron chi connectivity index (χ4n) is 3.16. The molecular formula is C20H24ClN3O3. The molecule has 3 N–H and O–H groups in total. The number of aromatic carboxylic acids is 1. The lowest BCUT2D eigenvalue weighted by molar-refractivity contribution is 0.0695. The zero-order valence-corrected chi connectivity index (χ0v) is 16.3. The zero-order chi connectivity index (χ0) is 19.6. The van der Waals surface area contributed by atoms with Gasteiger partial charge in [-0.25, -0.2) is 4.79 Å². The molecule has 2 aromatic carbocycles. The number of likely N-dealkylation sites (N-methyl/N-ethyl adjacent to an activating group) is 1. The lowest BCUT2D eigenvalue weighted by atomic mass is 10.1. The molecule has 1 aliphatic rings. The maximum Gasteiger partial charge on any atom is 0.336 e. The molecule has 7 heteroatoms. The van der Waals surface area contributed by atoms with Crippen LogP contribution in [0.5, 0.6) is 5.75 Å². The van der Waals surface area contributed by atoms with Crippen LogP contribution in [0.1, 0.15) is 21.5 Å². The molecule has 27 heavy (non-hydrogen) atoms. The van der Waals surface area contributed by atoms with Crippen LogP contribution in [0.4, 0.5) is 11.4 Å². The Hall–Kier alpha value is -2.44. The number of hydrogen-bond acceptors (Lipinski definition) is 5. The van der Waals surface area contributed by atoms with Gasteiger partial charge >= 0.3 is 5.97 Å². The van der Waals surface area contributed by atoms with E-state index in [2.05, 4.69) is 28.2 Å². The second kappa shape index (κ2) is 8.06. The molecule has 0 aromatic heterocycles. The van der Waals surface area contributed by atoms with Crippen LogP contribution in [0, 0.1) is 6.92 Å². The second-order valence-electron chi connectivity index (χ2n) is 6.89. The average molecular weight is 390 g/mol. The molecule has 0 radical (unpaired) electrons. The van der Waals surface area contributed by atoms with Crippen molar-refractivity contribution in [3.8, 4) is 5.75 Å². The van der Waals surface area contributed by atoms with Crippen molar-refractivity contribution in [1.82, 2.24) is 4.90 Å². The summed E-state index contributed by atoms with van der Waals surface area (Å²) < 4.78 is 0. The van der Waals surface area contributed by atoms with Crippen molar-refractivity contribution in [3.05, 3.63) is 52.0 Å². The molecule has 3 rings (SSSR count). The van der Waals surface area contributed by atoms with Crippen molar-refractivity contribution in [3.63, 3.8) is 0 Å². The van der Waals surface area contributed by atoms with Crippen LogP contribution in [0.2, 0.25) is 5.02 Å². The third kappa shape index (κ3) is 4.46. The highest BCUT2D eigenvalue weighted by Crippen LogP contribution is 2.28. The number of phenolic OH excluding ortho intramolecular Hbond substituents is 1. The normalized spacial score (nSPS) is 15.0. The first-order valence-corrected chi connectivity index (χ1v) is 9.25. The van der Waals surface area contributed by atoms with E-state index in [1.165, 1.54) is 12.1 Å².